The van der Waals surface area contributed by atoms with E-state index in [4.69, 9.17) is 14.2 Å². The third-order valence-corrected chi connectivity index (χ3v) is 4.93. The summed E-state index contributed by atoms with van der Waals surface area (Å²) in [6, 6.07) is 17.3. The fourth-order valence-corrected chi connectivity index (χ4v) is 3.22. The average Bonchev–Trinajstić information content (AvgIpc) is 2.81. The molecule has 0 aliphatic heterocycles. The number of ether oxygens (including phenoxy) is 3. The van der Waals surface area contributed by atoms with Crippen LogP contribution >= 0.6 is 0 Å². The molecule has 0 saturated heterocycles. The lowest BCUT2D eigenvalue weighted by atomic mass is 10.0. The zero-order chi connectivity index (χ0) is 23.6. The molecule has 0 fully saturated rings. The molecule has 7 nitrogen and oxygen atoms in total. The monoisotopic (exact) mass is 449 g/mol. The Kier molecular flexibility index (Phi) is 8.63. The zero-order valence-electron chi connectivity index (χ0n) is 19.6. The molecular formula is C26H31N3O4. The Morgan fingerprint density at radius 1 is 0.970 bits per heavy atom. The van der Waals surface area contributed by atoms with Crippen molar-refractivity contribution in [1.29, 1.82) is 0 Å². The van der Waals surface area contributed by atoms with Crippen molar-refractivity contribution in [2.45, 2.75) is 33.6 Å². The summed E-state index contributed by atoms with van der Waals surface area (Å²) in [5.74, 6) is 2.09. The van der Waals surface area contributed by atoms with Gasteiger partial charge in [0.1, 0.15) is 18.1 Å². The van der Waals surface area contributed by atoms with Gasteiger partial charge in [0.05, 0.1) is 18.8 Å². The van der Waals surface area contributed by atoms with Gasteiger partial charge in [0.15, 0.2) is 6.61 Å². The minimum Gasteiger partial charge on any atom is -0.494 e. The molecule has 7 heteroatoms. The highest BCUT2D eigenvalue weighted by Crippen LogP contribution is 2.27. The van der Waals surface area contributed by atoms with Crippen molar-refractivity contribution in [1.82, 2.24) is 15.5 Å². The van der Waals surface area contributed by atoms with Crippen LogP contribution in [0.5, 0.6) is 17.4 Å². The van der Waals surface area contributed by atoms with E-state index < -0.39 is 0 Å². The van der Waals surface area contributed by atoms with Crippen LogP contribution in [0.25, 0.3) is 11.3 Å². The van der Waals surface area contributed by atoms with Crippen LogP contribution < -0.4 is 19.5 Å². The van der Waals surface area contributed by atoms with Crippen LogP contribution in [0.15, 0.2) is 54.6 Å². The molecular weight excluding hydrogens is 418 g/mol. The third-order valence-electron chi connectivity index (χ3n) is 4.93. The minimum atomic E-state index is -0.202. The van der Waals surface area contributed by atoms with E-state index in [0.29, 0.717) is 24.9 Å². The van der Waals surface area contributed by atoms with Crippen LogP contribution in [0.1, 0.15) is 37.8 Å². The van der Waals surface area contributed by atoms with Gasteiger partial charge in [-0.05, 0) is 67.3 Å². The SMILES string of the molecule is CCOc1ccc(-c2ccc(OCCNC(=O)COc3cc(C)ccc3C(C)C)nn2)cc1. The van der Waals surface area contributed by atoms with E-state index in [9.17, 15) is 4.79 Å². The van der Waals surface area contributed by atoms with Gasteiger partial charge >= 0.3 is 0 Å². The van der Waals surface area contributed by atoms with E-state index in [0.717, 1.165) is 33.9 Å². The first-order chi connectivity index (χ1) is 16.0. The van der Waals surface area contributed by atoms with Gasteiger partial charge in [-0.25, -0.2) is 0 Å². The Labute approximate surface area is 195 Å². The van der Waals surface area contributed by atoms with Gasteiger partial charge < -0.3 is 19.5 Å². The molecule has 3 aromatic rings. The summed E-state index contributed by atoms with van der Waals surface area (Å²) in [6.45, 7) is 9.36. The number of benzene rings is 2. The molecule has 33 heavy (non-hydrogen) atoms. The van der Waals surface area contributed by atoms with Crippen molar-refractivity contribution < 1.29 is 19.0 Å². The first-order valence-corrected chi connectivity index (χ1v) is 11.2. The fourth-order valence-electron chi connectivity index (χ4n) is 3.22. The molecule has 2 aromatic carbocycles. The van der Waals surface area contributed by atoms with E-state index in [1.807, 2.05) is 62.4 Å². The number of hydrogen-bond donors (Lipinski definition) is 1. The molecule has 0 radical (unpaired) electrons. The predicted octanol–water partition coefficient (Wildman–Crippen LogP) is 4.55. The smallest absolute Gasteiger partial charge is 0.258 e. The first-order valence-electron chi connectivity index (χ1n) is 11.2. The maximum atomic E-state index is 12.1. The quantitative estimate of drug-likeness (QED) is 0.433. The summed E-state index contributed by atoms with van der Waals surface area (Å²) in [5, 5.41) is 11.1. The molecule has 3 rings (SSSR count). The van der Waals surface area contributed by atoms with Crippen molar-refractivity contribution in [2.24, 2.45) is 0 Å². The average molecular weight is 450 g/mol. The molecule has 1 aromatic heterocycles. The second kappa shape index (κ2) is 11.9. The highest BCUT2D eigenvalue weighted by molar-refractivity contribution is 5.77. The summed E-state index contributed by atoms with van der Waals surface area (Å²) in [5.41, 5.74) is 3.87. The van der Waals surface area contributed by atoms with Gasteiger partial charge in [-0.15, -0.1) is 10.2 Å². The van der Waals surface area contributed by atoms with Crippen LogP contribution in [0.3, 0.4) is 0 Å². The van der Waals surface area contributed by atoms with E-state index in [1.54, 1.807) is 6.07 Å². The lowest BCUT2D eigenvalue weighted by molar-refractivity contribution is -0.123. The van der Waals surface area contributed by atoms with Crippen LogP contribution in [-0.2, 0) is 4.79 Å². The Morgan fingerprint density at radius 2 is 1.76 bits per heavy atom. The Bertz CT molecular complexity index is 1030. The normalized spacial score (nSPS) is 10.7. The highest BCUT2D eigenvalue weighted by Gasteiger charge is 2.10. The molecule has 0 bridgehead atoms. The number of rotatable bonds is 11. The van der Waals surface area contributed by atoms with Crippen molar-refractivity contribution in [3.8, 4) is 28.6 Å². The Hall–Kier alpha value is -3.61. The van der Waals surface area contributed by atoms with Crippen LogP contribution in [0.4, 0.5) is 0 Å². The number of nitrogens with zero attached hydrogens (tertiary/aromatic N) is 2. The largest absolute Gasteiger partial charge is 0.494 e. The van der Waals surface area contributed by atoms with Crippen molar-refractivity contribution >= 4 is 5.91 Å². The number of aromatic nitrogens is 2. The predicted molar refractivity (Wildman–Crippen MR) is 128 cm³/mol. The summed E-state index contributed by atoms with van der Waals surface area (Å²) < 4.78 is 16.8. The van der Waals surface area contributed by atoms with Gasteiger partial charge in [-0.2, -0.15) is 0 Å². The minimum absolute atomic E-state index is 0.0419. The van der Waals surface area contributed by atoms with Gasteiger partial charge in [-0.3, -0.25) is 4.79 Å². The lowest BCUT2D eigenvalue weighted by Gasteiger charge is -2.15. The number of aryl methyl sites for hydroxylation is 1. The molecule has 0 atom stereocenters. The summed E-state index contributed by atoms with van der Waals surface area (Å²) >= 11 is 0. The van der Waals surface area contributed by atoms with Crippen molar-refractivity contribution in [3.63, 3.8) is 0 Å². The van der Waals surface area contributed by atoms with Crippen molar-refractivity contribution in [2.75, 3.05) is 26.4 Å². The number of carbonyl (C=O) groups is 1. The van der Waals surface area contributed by atoms with Gasteiger partial charge in [-0.1, -0.05) is 26.0 Å². The first kappa shape index (κ1) is 24.0. The summed E-state index contributed by atoms with van der Waals surface area (Å²) in [4.78, 5) is 12.1. The molecule has 174 valence electrons. The number of nitrogens with one attached hydrogen (secondary N) is 1. The fraction of sp³-hybridized carbons (Fsp3) is 0.346. The van der Waals surface area contributed by atoms with E-state index in [-0.39, 0.29) is 19.1 Å². The Morgan fingerprint density at radius 3 is 2.42 bits per heavy atom. The van der Waals surface area contributed by atoms with Gasteiger partial charge in [0.2, 0.25) is 5.88 Å². The number of amides is 1. The zero-order valence-corrected chi connectivity index (χ0v) is 19.6. The van der Waals surface area contributed by atoms with E-state index in [1.165, 1.54) is 0 Å². The van der Waals surface area contributed by atoms with Gasteiger partial charge in [0, 0.05) is 11.6 Å². The van der Waals surface area contributed by atoms with Crippen LogP contribution in [0.2, 0.25) is 0 Å². The van der Waals surface area contributed by atoms with Crippen LogP contribution in [0, 0.1) is 6.92 Å². The van der Waals surface area contributed by atoms with E-state index in [2.05, 4.69) is 29.4 Å². The number of hydrogen-bond acceptors (Lipinski definition) is 6. The standard InChI is InChI=1S/C26H31N3O4/c1-5-31-21-9-7-20(8-10-21)23-12-13-26(29-28-23)32-15-14-27-25(30)17-33-24-16-19(4)6-11-22(24)18(2)3/h6-13,16,18H,5,14-15,17H2,1-4H3,(H,27,30). The molecule has 1 heterocycles. The molecule has 0 saturated carbocycles. The van der Waals surface area contributed by atoms with Crippen molar-refractivity contribution in [3.05, 3.63) is 65.7 Å². The lowest BCUT2D eigenvalue weighted by Crippen LogP contribution is -2.32. The Balaban J connectivity index is 1.41. The molecule has 0 aliphatic carbocycles. The maximum Gasteiger partial charge on any atom is 0.258 e. The highest BCUT2D eigenvalue weighted by atomic mass is 16.5. The molecule has 0 aliphatic rings. The third kappa shape index (κ3) is 7.20. The topological polar surface area (TPSA) is 82.6 Å². The van der Waals surface area contributed by atoms with Crippen LogP contribution in [-0.4, -0.2) is 42.5 Å². The maximum absolute atomic E-state index is 12.1. The molecule has 0 spiro atoms. The molecule has 1 N–H and O–H groups in total. The number of carbonyl (C=O) groups excluding carboxylic acids is 1. The molecule has 0 unspecified atom stereocenters. The second-order valence-corrected chi connectivity index (χ2v) is 7.90. The second-order valence-electron chi connectivity index (χ2n) is 7.90. The molecule has 1 amide bonds. The summed E-state index contributed by atoms with van der Waals surface area (Å²) in [7, 11) is 0. The van der Waals surface area contributed by atoms with Gasteiger partial charge in [0.25, 0.3) is 5.91 Å². The van der Waals surface area contributed by atoms with E-state index >= 15 is 0 Å². The summed E-state index contributed by atoms with van der Waals surface area (Å²) in [6.07, 6.45) is 0.